The van der Waals surface area contributed by atoms with Gasteiger partial charge in [0.2, 0.25) is 0 Å². The second-order valence-electron chi connectivity index (χ2n) is 2.66. The van der Waals surface area contributed by atoms with Crippen LogP contribution in [0.25, 0.3) is 6.08 Å². The van der Waals surface area contributed by atoms with Gasteiger partial charge < -0.3 is 5.11 Å². The Balaban J connectivity index is 2.58. The van der Waals surface area contributed by atoms with E-state index in [0.29, 0.717) is 5.69 Å². The maximum Gasteiger partial charge on any atom is 0.0852 e. The van der Waals surface area contributed by atoms with Crippen molar-refractivity contribution in [3.8, 4) is 0 Å². The Morgan fingerprint density at radius 1 is 1.46 bits per heavy atom. The molecule has 3 heteroatoms. The van der Waals surface area contributed by atoms with E-state index in [2.05, 4.69) is 23.7 Å². The fourth-order valence-electron chi connectivity index (χ4n) is 0.922. The molecule has 0 saturated carbocycles. The van der Waals surface area contributed by atoms with Crippen LogP contribution in [-0.4, -0.2) is 15.8 Å². The fraction of sp³-hybridized carbons (Fsp3) is 0.300. The molecule has 0 unspecified atom stereocenters. The summed E-state index contributed by atoms with van der Waals surface area (Å²) in [4.78, 5) is 4.06. The molecule has 1 N–H and O–H groups in total. The van der Waals surface area contributed by atoms with Gasteiger partial charge in [0, 0.05) is 6.20 Å². The van der Waals surface area contributed by atoms with E-state index >= 15 is 0 Å². The Morgan fingerprint density at radius 2 is 2.31 bits per heavy atom. The van der Waals surface area contributed by atoms with Crippen molar-refractivity contribution in [3.05, 3.63) is 35.7 Å². The second kappa shape index (κ2) is 5.78. The molecule has 1 aromatic rings. The fourth-order valence-corrected chi connectivity index (χ4v) is 1.07. The molecule has 2 nitrogen and oxygen atoms in total. The number of aliphatic hydroxyl groups is 1. The summed E-state index contributed by atoms with van der Waals surface area (Å²) in [6.45, 7) is 0.000629. The summed E-state index contributed by atoms with van der Waals surface area (Å²) >= 11 is 4.10. The number of hydrogen-bond donors (Lipinski definition) is 2. The van der Waals surface area contributed by atoms with Crippen molar-refractivity contribution < 1.29 is 5.11 Å². The van der Waals surface area contributed by atoms with Crippen LogP contribution >= 0.6 is 12.6 Å². The zero-order valence-corrected chi connectivity index (χ0v) is 8.24. The molecule has 0 amide bonds. The standard InChI is InChI=1S/C10H13NOS/c12-8-10-5-4-9(7-11-10)3-1-2-6-13/h1,3-5,7,12-13H,2,6,8H2. The van der Waals surface area contributed by atoms with Crippen molar-refractivity contribution in [2.75, 3.05) is 5.75 Å². The summed E-state index contributed by atoms with van der Waals surface area (Å²) in [6.07, 6.45) is 6.78. The summed E-state index contributed by atoms with van der Waals surface area (Å²) < 4.78 is 0. The third-order valence-electron chi connectivity index (χ3n) is 1.62. The maximum atomic E-state index is 8.75. The second-order valence-corrected chi connectivity index (χ2v) is 3.10. The summed E-state index contributed by atoms with van der Waals surface area (Å²) in [6, 6.07) is 3.76. The molecular formula is C10H13NOS. The molecule has 0 bridgehead atoms. The van der Waals surface area contributed by atoms with Crippen LogP contribution < -0.4 is 0 Å². The maximum absolute atomic E-state index is 8.75. The molecular weight excluding hydrogens is 182 g/mol. The summed E-state index contributed by atoms with van der Waals surface area (Å²) in [5.74, 6) is 0.860. The van der Waals surface area contributed by atoms with E-state index in [1.165, 1.54) is 0 Å². The van der Waals surface area contributed by atoms with Crippen molar-refractivity contribution in [2.45, 2.75) is 13.0 Å². The summed E-state index contributed by atoms with van der Waals surface area (Å²) in [5, 5.41) is 8.75. The Kier molecular flexibility index (Phi) is 4.57. The molecule has 70 valence electrons. The first-order valence-corrected chi connectivity index (χ1v) is 4.83. The average Bonchev–Trinajstić information content (AvgIpc) is 2.19. The minimum Gasteiger partial charge on any atom is -0.390 e. The van der Waals surface area contributed by atoms with Gasteiger partial charge in [0.25, 0.3) is 0 Å². The number of aliphatic hydroxyl groups excluding tert-OH is 1. The topological polar surface area (TPSA) is 33.1 Å². The van der Waals surface area contributed by atoms with Gasteiger partial charge in [-0.2, -0.15) is 12.6 Å². The number of allylic oxidation sites excluding steroid dienone is 1. The van der Waals surface area contributed by atoms with Crippen molar-refractivity contribution in [1.82, 2.24) is 4.98 Å². The zero-order chi connectivity index (χ0) is 9.52. The van der Waals surface area contributed by atoms with Crippen molar-refractivity contribution in [2.24, 2.45) is 0 Å². The van der Waals surface area contributed by atoms with Gasteiger partial charge in [-0.15, -0.1) is 0 Å². The molecule has 1 rings (SSSR count). The van der Waals surface area contributed by atoms with Crippen LogP contribution in [0.3, 0.4) is 0 Å². The van der Waals surface area contributed by atoms with Crippen molar-refractivity contribution in [3.63, 3.8) is 0 Å². The summed E-state index contributed by atoms with van der Waals surface area (Å²) in [5.41, 5.74) is 1.75. The van der Waals surface area contributed by atoms with Crippen LogP contribution in [0.1, 0.15) is 17.7 Å². The molecule has 0 aliphatic heterocycles. The monoisotopic (exact) mass is 195 g/mol. The van der Waals surface area contributed by atoms with Crippen LogP contribution in [0.5, 0.6) is 0 Å². The van der Waals surface area contributed by atoms with E-state index in [-0.39, 0.29) is 6.61 Å². The highest BCUT2D eigenvalue weighted by Crippen LogP contribution is 2.03. The van der Waals surface area contributed by atoms with E-state index in [4.69, 9.17) is 5.11 Å². The van der Waals surface area contributed by atoms with Gasteiger partial charge in [-0.05, 0) is 23.8 Å². The molecule has 0 aromatic carbocycles. The minimum atomic E-state index is 0.000629. The highest BCUT2D eigenvalue weighted by Gasteiger charge is 1.90. The predicted octanol–water partition coefficient (Wildman–Crippen LogP) is 1.91. The van der Waals surface area contributed by atoms with Crippen LogP contribution in [0.4, 0.5) is 0 Å². The molecule has 0 aliphatic carbocycles. The lowest BCUT2D eigenvalue weighted by Gasteiger charge is -1.95. The zero-order valence-electron chi connectivity index (χ0n) is 7.35. The Morgan fingerprint density at radius 3 is 2.85 bits per heavy atom. The van der Waals surface area contributed by atoms with Gasteiger partial charge in [0.15, 0.2) is 0 Å². The third kappa shape index (κ3) is 3.61. The number of hydrogen-bond acceptors (Lipinski definition) is 3. The van der Waals surface area contributed by atoms with E-state index in [9.17, 15) is 0 Å². The molecule has 1 heterocycles. The predicted molar refractivity (Wildman–Crippen MR) is 57.7 cm³/mol. The largest absolute Gasteiger partial charge is 0.390 e. The van der Waals surface area contributed by atoms with Crippen LogP contribution in [-0.2, 0) is 6.61 Å². The Labute approximate surface area is 83.7 Å². The Hall–Kier alpha value is -0.800. The van der Waals surface area contributed by atoms with Gasteiger partial charge in [0.05, 0.1) is 12.3 Å². The molecule has 1 aromatic heterocycles. The average molecular weight is 195 g/mol. The number of nitrogens with zero attached hydrogens (tertiary/aromatic N) is 1. The first-order valence-electron chi connectivity index (χ1n) is 4.20. The van der Waals surface area contributed by atoms with E-state index < -0.39 is 0 Å². The van der Waals surface area contributed by atoms with Gasteiger partial charge in [-0.3, -0.25) is 4.98 Å². The van der Waals surface area contributed by atoms with E-state index in [0.717, 1.165) is 17.7 Å². The molecule has 0 spiro atoms. The molecule has 0 radical (unpaired) electrons. The SMILES string of the molecule is OCc1ccc(C=CCCS)cn1. The van der Waals surface area contributed by atoms with E-state index in [1.54, 1.807) is 6.20 Å². The number of aromatic nitrogens is 1. The van der Waals surface area contributed by atoms with Crippen molar-refractivity contribution in [1.29, 1.82) is 0 Å². The van der Waals surface area contributed by atoms with Gasteiger partial charge in [-0.25, -0.2) is 0 Å². The quantitative estimate of drug-likeness (QED) is 0.719. The van der Waals surface area contributed by atoms with Crippen LogP contribution in [0.2, 0.25) is 0 Å². The highest BCUT2D eigenvalue weighted by molar-refractivity contribution is 7.80. The third-order valence-corrected chi connectivity index (χ3v) is 1.87. The lowest BCUT2D eigenvalue weighted by atomic mass is 10.2. The first kappa shape index (κ1) is 10.3. The van der Waals surface area contributed by atoms with Crippen molar-refractivity contribution >= 4 is 18.7 Å². The van der Waals surface area contributed by atoms with Crippen LogP contribution in [0, 0.1) is 0 Å². The molecule has 0 atom stereocenters. The number of pyridine rings is 1. The smallest absolute Gasteiger partial charge is 0.0852 e. The first-order chi connectivity index (χ1) is 6.36. The number of thiol groups is 1. The van der Waals surface area contributed by atoms with Gasteiger partial charge >= 0.3 is 0 Å². The molecule has 0 aliphatic rings. The van der Waals surface area contributed by atoms with Gasteiger partial charge in [-0.1, -0.05) is 18.2 Å². The van der Waals surface area contributed by atoms with Crippen LogP contribution in [0.15, 0.2) is 24.4 Å². The lowest BCUT2D eigenvalue weighted by molar-refractivity contribution is 0.277. The van der Waals surface area contributed by atoms with E-state index in [1.807, 2.05) is 18.2 Å². The highest BCUT2D eigenvalue weighted by atomic mass is 32.1. The number of rotatable bonds is 4. The van der Waals surface area contributed by atoms with Gasteiger partial charge in [0.1, 0.15) is 0 Å². The minimum absolute atomic E-state index is 0.000629. The molecule has 13 heavy (non-hydrogen) atoms. The lowest BCUT2D eigenvalue weighted by Crippen LogP contribution is -1.87. The summed E-state index contributed by atoms with van der Waals surface area (Å²) in [7, 11) is 0. The normalized spacial score (nSPS) is 10.9. The molecule has 0 fully saturated rings. The molecule has 0 saturated heterocycles. The Bertz CT molecular complexity index is 269.